The van der Waals surface area contributed by atoms with Crippen molar-refractivity contribution >= 4 is 48.3 Å². The maximum atomic E-state index is 13.6. The van der Waals surface area contributed by atoms with E-state index in [0.29, 0.717) is 28.9 Å². The molecule has 3 aromatic rings. The van der Waals surface area contributed by atoms with Crippen molar-refractivity contribution in [2.75, 3.05) is 6.61 Å². The van der Waals surface area contributed by atoms with Crippen LogP contribution >= 0.6 is 37.2 Å². The van der Waals surface area contributed by atoms with Gasteiger partial charge in [0.25, 0.3) is 6.43 Å². The molecule has 0 radical (unpaired) electrons. The highest BCUT2D eigenvalue weighted by atomic mass is 35.5. The van der Waals surface area contributed by atoms with Crippen molar-refractivity contribution in [2.45, 2.75) is 39.2 Å². The first-order valence-electron chi connectivity index (χ1n) is 9.00. The molecule has 11 heteroatoms. The van der Waals surface area contributed by atoms with Gasteiger partial charge in [-0.1, -0.05) is 13.8 Å². The van der Waals surface area contributed by atoms with Crippen molar-refractivity contribution in [3.63, 3.8) is 0 Å². The summed E-state index contributed by atoms with van der Waals surface area (Å²) in [5.41, 5.74) is 6.28. The Morgan fingerprint density at radius 1 is 1.19 bits per heavy atom. The maximum absolute atomic E-state index is 13.6. The number of aromatic amines is 1. The second kappa shape index (κ2) is 11.8. The van der Waals surface area contributed by atoms with Crippen LogP contribution in [-0.4, -0.2) is 27.1 Å². The van der Waals surface area contributed by atoms with Crippen LogP contribution in [0.1, 0.15) is 39.3 Å². The summed E-state index contributed by atoms with van der Waals surface area (Å²) in [6.45, 7) is 5.98. The SMILES string of the molecule is CC(C)C[C@](C)(N)COc1ccc(-c2c[nH]c3ncc(F)cc23)nc1C(F)F.Cl.Cl.Cl. The van der Waals surface area contributed by atoms with Crippen LogP contribution in [0.3, 0.4) is 0 Å². The fourth-order valence-electron chi connectivity index (χ4n) is 3.31. The molecule has 1 atom stereocenters. The smallest absolute Gasteiger partial charge is 0.284 e. The van der Waals surface area contributed by atoms with E-state index >= 15 is 0 Å². The number of hydrogen-bond acceptors (Lipinski definition) is 4. The van der Waals surface area contributed by atoms with Crippen molar-refractivity contribution in [1.29, 1.82) is 0 Å². The third-order valence-electron chi connectivity index (χ3n) is 4.30. The third-order valence-corrected chi connectivity index (χ3v) is 4.30. The standard InChI is InChI=1S/C20H23F3N4O.3ClH/c1-11(2)7-20(3,24)10-28-16-5-4-15(27-17(16)18(22)23)14-9-26-19-13(14)6-12(21)8-25-19;;;/h4-6,8-9,11,18H,7,10,24H2,1-3H3,(H,25,26);3*1H/t20-;;;/m0.../s1. The highest BCUT2D eigenvalue weighted by Gasteiger charge is 2.24. The number of aromatic nitrogens is 3. The number of nitrogens with one attached hydrogen (secondary N) is 1. The summed E-state index contributed by atoms with van der Waals surface area (Å²) in [4.78, 5) is 10.9. The summed E-state index contributed by atoms with van der Waals surface area (Å²) in [7, 11) is 0. The van der Waals surface area contributed by atoms with Gasteiger partial charge in [-0.25, -0.2) is 23.1 Å². The van der Waals surface area contributed by atoms with Crippen LogP contribution in [0.15, 0.2) is 30.6 Å². The number of fused-ring (bicyclic) bond motifs is 1. The van der Waals surface area contributed by atoms with Gasteiger partial charge < -0.3 is 15.5 Å². The number of hydrogen-bond donors (Lipinski definition) is 2. The molecule has 0 aromatic carbocycles. The fourth-order valence-corrected chi connectivity index (χ4v) is 3.31. The predicted molar refractivity (Wildman–Crippen MR) is 124 cm³/mol. The van der Waals surface area contributed by atoms with Gasteiger partial charge in [0.2, 0.25) is 0 Å². The van der Waals surface area contributed by atoms with Gasteiger partial charge in [0.1, 0.15) is 29.5 Å². The Balaban J connectivity index is 0.00000300. The van der Waals surface area contributed by atoms with Gasteiger partial charge in [-0.15, -0.1) is 37.2 Å². The van der Waals surface area contributed by atoms with E-state index < -0.39 is 23.5 Å². The highest BCUT2D eigenvalue weighted by Crippen LogP contribution is 2.33. The van der Waals surface area contributed by atoms with Gasteiger partial charge in [0.05, 0.1) is 11.9 Å². The summed E-state index contributed by atoms with van der Waals surface area (Å²) in [6.07, 6.45) is 0.508. The summed E-state index contributed by atoms with van der Waals surface area (Å²) >= 11 is 0. The van der Waals surface area contributed by atoms with E-state index in [1.807, 2.05) is 20.8 Å². The average Bonchev–Trinajstić information content (AvgIpc) is 3.01. The number of halogens is 6. The van der Waals surface area contributed by atoms with Crippen molar-refractivity contribution in [2.24, 2.45) is 11.7 Å². The second-order valence-electron chi connectivity index (χ2n) is 7.67. The third kappa shape index (κ3) is 7.14. The van der Waals surface area contributed by atoms with Gasteiger partial charge in [0, 0.05) is 22.7 Å². The lowest BCUT2D eigenvalue weighted by atomic mass is 9.93. The molecule has 174 valence electrons. The molecule has 3 N–H and O–H groups in total. The lowest BCUT2D eigenvalue weighted by Gasteiger charge is -2.27. The number of rotatable bonds is 7. The molecule has 0 aliphatic heterocycles. The molecule has 0 spiro atoms. The number of ether oxygens (including phenoxy) is 1. The van der Waals surface area contributed by atoms with Gasteiger partial charge >= 0.3 is 0 Å². The van der Waals surface area contributed by atoms with Crippen molar-refractivity contribution < 1.29 is 17.9 Å². The molecule has 0 bridgehead atoms. The predicted octanol–water partition coefficient (Wildman–Crippen LogP) is 6.11. The second-order valence-corrected chi connectivity index (χ2v) is 7.67. The molecule has 3 rings (SSSR count). The minimum Gasteiger partial charge on any atom is -0.490 e. The van der Waals surface area contributed by atoms with Gasteiger partial charge in [-0.2, -0.15) is 0 Å². The Morgan fingerprint density at radius 3 is 2.48 bits per heavy atom. The molecule has 0 amide bonds. The minimum absolute atomic E-state index is 0. The van der Waals surface area contributed by atoms with E-state index in [2.05, 4.69) is 15.0 Å². The van der Waals surface area contributed by atoms with Crippen LogP contribution in [0.4, 0.5) is 13.2 Å². The van der Waals surface area contributed by atoms with Crippen LogP contribution in [0.2, 0.25) is 0 Å². The van der Waals surface area contributed by atoms with E-state index in [4.69, 9.17) is 10.5 Å². The molecule has 0 aliphatic carbocycles. The number of pyridine rings is 2. The van der Waals surface area contributed by atoms with Crippen LogP contribution < -0.4 is 10.5 Å². The first-order valence-corrected chi connectivity index (χ1v) is 9.00. The molecule has 3 heterocycles. The first-order chi connectivity index (χ1) is 13.2. The minimum atomic E-state index is -2.83. The zero-order valence-electron chi connectivity index (χ0n) is 17.2. The van der Waals surface area contributed by atoms with E-state index in [1.165, 1.54) is 12.1 Å². The largest absolute Gasteiger partial charge is 0.490 e. The lowest BCUT2D eigenvalue weighted by molar-refractivity contribution is 0.134. The normalized spacial score (nSPS) is 12.7. The Bertz CT molecular complexity index is 983. The molecular formula is C20H26Cl3F3N4O. The number of nitrogens with two attached hydrogens (primary N) is 1. The molecule has 3 aromatic heterocycles. The highest BCUT2D eigenvalue weighted by molar-refractivity contribution is 5.92. The van der Waals surface area contributed by atoms with Gasteiger partial charge in [-0.05, 0) is 37.5 Å². The van der Waals surface area contributed by atoms with Crippen molar-refractivity contribution in [3.8, 4) is 17.0 Å². The van der Waals surface area contributed by atoms with Crippen LogP contribution in [-0.2, 0) is 0 Å². The monoisotopic (exact) mass is 500 g/mol. The lowest BCUT2D eigenvalue weighted by Crippen LogP contribution is -2.43. The maximum Gasteiger partial charge on any atom is 0.284 e. The molecule has 5 nitrogen and oxygen atoms in total. The summed E-state index contributed by atoms with van der Waals surface area (Å²) in [6, 6.07) is 4.29. The van der Waals surface area contributed by atoms with E-state index in [1.54, 1.807) is 12.3 Å². The molecule has 0 saturated heterocycles. The zero-order valence-corrected chi connectivity index (χ0v) is 19.6. The summed E-state index contributed by atoms with van der Waals surface area (Å²) in [5.74, 6) is -0.178. The van der Waals surface area contributed by atoms with Crippen LogP contribution in [0.5, 0.6) is 5.75 Å². The number of alkyl halides is 2. The van der Waals surface area contributed by atoms with Crippen molar-refractivity contribution in [3.05, 3.63) is 42.1 Å². The Hall–Kier alpha value is -1.74. The Labute approximate surface area is 197 Å². The Morgan fingerprint density at radius 2 is 1.87 bits per heavy atom. The van der Waals surface area contributed by atoms with E-state index in [9.17, 15) is 13.2 Å². The van der Waals surface area contributed by atoms with E-state index in [-0.39, 0.29) is 55.3 Å². The topological polar surface area (TPSA) is 76.8 Å². The summed E-state index contributed by atoms with van der Waals surface area (Å²) in [5, 5.41) is 0.466. The molecule has 0 fully saturated rings. The molecule has 0 aliphatic rings. The zero-order chi connectivity index (χ0) is 20.5. The van der Waals surface area contributed by atoms with Crippen LogP contribution in [0, 0.1) is 11.7 Å². The van der Waals surface area contributed by atoms with E-state index in [0.717, 1.165) is 6.20 Å². The number of H-pyrrole nitrogens is 1. The average molecular weight is 502 g/mol. The molecular weight excluding hydrogens is 476 g/mol. The van der Waals surface area contributed by atoms with Gasteiger partial charge in [0.15, 0.2) is 0 Å². The molecule has 31 heavy (non-hydrogen) atoms. The summed E-state index contributed by atoms with van der Waals surface area (Å²) < 4.78 is 46.3. The molecule has 0 unspecified atom stereocenters. The first kappa shape index (κ1) is 29.3. The van der Waals surface area contributed by atoms with Crippen molar-refractivity contribution in [1.82, 2.24) is 15.0 Å². The quantitative estimate of drug-likeness (QED) is 0.409. The number of nitrogens with zero attached hydrogens (tertiary/aromatic N) is 2. The molecule has 0 saturated carbocycles. The van der Waals surface area contributed by atoms with Gasteiger partial charge in [-0.3, -0.25) is 0 Å². The Kier molecular flexibility index (Phi) is 11.1. The fraction of sp³-hybridized carbons (Fsp3) is 0.400. The van der Waals surface area contributed by atoms with Crippen LogP contribution in [0.25, 0.3) is 22.3 Å².